The molecule has 1 aliphatic heterocycles. The van der Waals surface area contributed by atoms with Crippen molar-refractivity contribution in [2.24, 2.45) is 0 Å². The Labute approximate surface area is 200 Å². The van der Waals surface area contributed by atoms with Gasteiger partial charge in [0.15, 0.2) is 0 Å². The van der Waals surface area contributed by atoms with E-state index in [1.54, 1.807) is 37.4 Å². The molecule has 2 heterocycles. The van der Waals surface area contributed by atoms with Crippen LogP contribution in [0.5, 0.6) is 5.75 Å². The van der Waals surface area contributed by atoms with Crippen molar-refractivity contribution in [3.8, 4) is 28.0 Å². The van der Waals surface area contributed by atoms with Crippen molar-refractivity contribution < 1.29 is 23.8 Å². The third kappa shape index (κ3) is 4.41. The predicted molar refractivity (Wildman–Crippen MR) is 131 cm³/mol. The van der Waals surface area contributed by atoms with Crippen molar-refractivity contribution in [3.63, 3.8) is 0 Å². The van der Waals surface area contributed by atoms with Gasteiger partial charge < -0.3 is 20.5 Å². The molecule has 0 atom stereocenters. The first-order chi connectivity index (χ1) is 16.9. The Hall–Kier alpha value is -4.72. The van der Waals surface area contributed by atoms with E-state index in [0.717, 1.165) is 22.3 Å². The second-order valence-electron chi connectivity index (χ2n) is 8.07. The molecule has 3 aromatic carbocycles. The number of carboxylic acid groups (broad SMARTS) is 1. The number of ether oxygens (including phenoxy) is 1. The van der Waals surface area contributed by atoms with Crippen LogP contribution in [0.2, 0.25) is 0 Å². The van der Waals surface area contributed by atoms with Gasteiger partial charge in [-0.1, -0.05) is 18.2 Å². The van der Waals surface area contributed by atoms with E-state index in [2.05, 4.69) is 15.6 Å². The molecule has 0 unspecified atom stereocenters. The van der Waals surface area contributed by atoms with Crippen molar-refractivity contribution in [1.29, 1.82) is 0 Å². The number of anilines is 3. The van der Waals surface area contributed by atoms with Crippen molar-refractivity contribution in [3.05, 3.63) is 90.0 Å². The summed E-state index contributed by atoms with van der Waals surface area (Å²) in [6, 6.07) is 19.2. The summed E-state index contributed by atoms with van der Waals surface area (Å²) in [7, 11) is 1.57. The Bertz CT molecular complexity index is 1470. The SMILES string of the molecule is COc1cc(-c2ccc3c(c2)Nc2ccc(CC(=O)O)cc2NC3=O)ccc1-c1ccc(F)nc1. The number of hydrogen-bond donors (Lipinski definition) is 3. The van der Waals surface area contributed by atoms with E-state index in [1.807, 2.05) is 30.3 Å². The molecule has 1 aromatic heterocycles. The topological polar surface area (TPSA) is 101 Å². The molecule has 1 aliphatic rings. The third-order valence-electron chi connectivity index (χ3n) is 5.79. The van der Waals surface area contributed by atoms with Crippen LogP contribution in [0.3, 0.4) is 0 Å². The van der Waals surface area contributed by atoms with Gasteiger partial charge in [0.25, 0.3) is 5.91 Å². The smallest absolute Gasteiger partial charge is 0.307 e. The average molecular weight is 469 g/mol. The fourth-order valence-electron chi connectivity index (χ4n) is 4.09. The van der Waals surface area contributed by atoms with Gasteiger partial charge in [-0.25, -0.2) is 4.98 Å². The molecule has 4 aromatic rings. The number of benzene rings is 3. The molecule has 174 valence electrons. The lowest BCUT2D eigenvalue weighted by atomic mass is 9.98. The number of pyridine rings is 1. The molecule has 8 heteroatoms. The lowest BCUT2D eigenvalue weighted by Gasteiger charge is -2.13. The van der Waals surface area contributed by atoms with Crippen molar-refractivity contribution in [2.75, 3.05) is 17.7 Å². The van der Waals surface area contributed by atoms with E-state index in [1.165, 1.54) is 12.3 Å². The number of halogens is 1. The van der Waals surface area contributed by atoms with E-state index in [-0.39, 0.29) is 12.3 Å². The number of rotatable bonds is 5. The van der Waals surface area contributed by atoms with Gasteiger partial charge in [0.05, 0.1) is 36.2 Å². The summed E-state index contributed by atoms with van der Waals surface area (Å²) in [6.07, 6.45) is 1.32. The average Bonchev–Trinajstić information content (AvgIpc) is 2.98. The highest BCUT2D eigenvalue weighted by molar-refractivity contribution is 6.12. The van der Waals surface area contributed by atoms with E-state index in [0.29, 0.717) is 33.9 Å². The number of fused-ring (bicyclic) bond motifs is 2. The summed E-state index contributed by atoms with van der Waals surface area (Å²) in [6.45, 7) is 0. The zero-order valence-corrected chi connectivity index (χ0v) is 18.6. The molecule has 1 amide bonds. The third-order valence-corrected chi connectivity index (χ3v) is 5.79. The number of carbonyl (C=O) groups excluding carboxylic acids is 1. The quantitative estimate of drug-likeness (QED) is 0.334. The summed E-state index contributed by atoms with van der Waals surface area (Å²) < 4.78 is 18.8. The molecule has 0 aliphatic carbocycles. The summed E-state index contributed by atoms with van der Waals surface area (Å²) in [5.41, 5.74) is 6.10. The molecule has 0 spiro atoms. The molecule has 7 nitrogen and oxygen atoms in total. The Morgan fingerprint density at radius 1 is 0.886 bits per heavy atom. The maximum Gasteiger partial charge on any atom is 0.307 e. The molecule has 5 rings (SSSR count). The van der Waals surface area contributed by atoms with E-state index in [4.69, 9.17) is 9.84 Å². The van der Waals surface area contributed by atoms with Gasteiger partial charge in [0.2, 0.25) is 5.95 Å². The number of carbonyl (C=O) groups is 2. The number of methoxy groups -OCH3 is 1. The lowest BCUT2D eigenvalue weighted by molar-refractivity contribution is -0.136. The van der Waals surface area contributed by atoms with Crippen LogP contribution in [0.4, 0.5) is 21.5 Å². The maximum atomic E-state index is 13.2. The van der Waals surface area contributed by atoms with E-state index in [9.17, 15) is 14.0 Å². The Morgan fingerprint density at radius 3 is 2.34 bits per heavy atom. The van der Waals surface area contributed by atoms with Crippen molar-refractivity contribution >= 4 is 28.9 Å². The van der Waals surface area contributed by atoms with Gasteiger partial charge in [0.1, 0.15) is 5.75 Å². The first kappa shape index (κ1) is 22.1. The maximum absolute atomic E-state index is 13.2. The van der Waals surface area contributed by atoms with Crippen LogP contribution in [0.1, 0.15) is 15.9 Å². The summed E-state index contributed by atoms with van der Waals surface area (Å²) >= 11 is 0. The predicted octanol–water partition coefficient (Wildman–Crippen LogP) is 5.50. The highest BCUT2D eigenvalue weighted by Crippen LogP contribution is 2.38. The number of aliphatic carboxylic acids is 1. The summed E-state index contributed by atoms with van der Waals surface area (Å²) in [4.78, 5) is 27.6. The molecular weight excluding hydrogens is 449 g/mol. The minimum atomic E-state index is -0.942. The van der Waals surface area contributed by atoms with Gasteiger partial charge >= 0.3 is 5.97 Å². The van der Waals surface area contributed by atoms with Gasteiger partial charge in [-0.3, -0.25) is 9.59 Å². The van der Waals surface area contributed by atoms with Gasteiger partial charge in [0, 0.05) is 17.3 Å². The van der Waals surface area contributed by atoms with E-state index < -0.39 is 11.9 Å². The van der Waals surface area contributed by atoms with Gasteiger partial charge in [-0.05, 0) is 65.2 Å². The van der Waals surface area contributed by atoms with Crippen molar-refractivity contribution in [1.82, 2.24) is 4.98 Å². The fraction of sp³-hybridized carbons (Fsp3) is 0.0741. The van der Waals surface area contributed by atoms with Crippen LogP contribution in [0, 0.1) is 5.95 Å². The molecule has 0 saturated heterocycles. The van der Waals surface area contributed by atoms with Gasteiger partial charge in [-0.2, -0.15) is 4.39 Å². The van der Waals surface area contributed by atoms with Crippen LogP contribution >= 0.6 is 0 Å². The molecule has 0 radical (unpaired) electrons. The summed E-state index contributed by atoms with van der Waals surface area (Å²) in [5.74, 6) is -1.18. The number of nitrogens with zero attached hydrogens (tertiary/aromatic N) is 1. The van der Waals surface area contributed by atoms with Gasteiger partial charge in [-0.15, -0.1) is 0 Å². The lowest BCUT2D eigenvalue weighted by Crippen LogP contribution is -2.11. The minimum Gasteiger partial charge on any atom is -0.496 e. The van der Waals surface area contributed by atoms with E-state index >= 15 is 0 Å². The largest absolute Gasteiger partial charge is 0.496 e. The Morgan fingerprint density at radius 2 is 1.63 bits per heavy atom. The van der Waals surface area contributed by atoms with Crippen molar-refractivity contribution in [2.45, 2.75) is 6.42 Å². The molecular formula is C27H20FN3O4. The van der Waals surface area contributed by atoms with Crippen LogP contribution < -0.4 is 15.4 Å². The highest BCUT2D eigenvalue weighted by atomic mass is 19.1. The number of hydrogen-bond acceptors (Lipinski definition) is 5. The minimum absolute atomic E-state index is 0.133. The number of amides is 1. The zero-order chi connectivity index (χ0) is 24.5. The standard InChI is InChI=1S/C27H20FN3O4/c1-35-24-13-17(3-6-19(24)18-5-9-25(28)29-14-18)16-4-7-20-22(12-16)30-21-8-2-15(11-26(32)33)10-23(21)31-27(20)34/h2-10,12-14,30H,11H2,1H3,(H,31,34)(H,32,33). The Kier molecular flexibility index (Phi) is 5.62. The zero-order valence-electron chi connectivity index (χ0n) is 18.6. The summed E-state index contributed by atoms with van der Waals surface area (Å²) in [5, 5.41) is 15.2. The molecule has 0 bridgehead atoms. The number of carboxylic acids is 1. The normalized spacial score (nSPS) is 12.0. The molecule has 0 fully saturated rings. The van der Waals surface area contributed by atoms with Crippen LogP contribution in [-0.4, -0.2) is 29.1 Å². The Balaban J connectivity index is 1.50. The van der Waals surface area contributed by atoms with Crippen LogP contribution in [0.25, 0.3) is 22.3 Å². The fourth-order valence-corrected chi connectivity index (χ4v) is 4.09. The molecule has 3 N–H and O–H groups in total. The molecule has 35 heavy (non-hydrogen) atoms. The second kappa shape index (κ2) is 8.90. The highest BCUT2D eigenvalue weighted by Gasteiger charge is 2.20. The van der Waals surface area contributed by atoms with Crippen LogP contribution in [0.15, 0.2) is 72.9 Å². The number of nitrogens with one attached hydrogen (secondary N) is 2. The van der Waals surface area contributed by atoms with Crippen LogP contribution in [-0.2, 0) is 11.2 Å². The second-order valence-corrected chi connectivity index (χ2v) is 8.07. The molecule has 0 saturated carbocycles. The first-order valence-electron chi connectivity index (χ1n) is 10.8. The number of aromatic nitrogens is 1. The monoisotopic (exact) mass is 469 g/mol. The first-order valence-corrected chi connectivity index (χ1v) is 10.8.